The predicted octanol–water partition coefficient (Wildman–Crippen LogP) is 1.90. The summed E-state index contributed by atoms with van der Waals surface area (Å²) in [6, 6.07) is 6.36. The van der Waals surface area contributed by atoms with Crippen LogP contribution in [0, 0.1) is 11.7 Å². The molecule has 0 spiro atoms. The van der Waals surface area contributed by atoms with E-state index in [4.69, 9.17) is 5.11 Å². The van der Waals surface area contributed by atoms with Crippen molar-refractivity contribution in [3.63, 3.8) is 0 Å². The second-order valence-corrected chi connectivity index (χ2v) is 4.28. The third-order valence-corrected chi connectivity index (χ3v) is 3.15. The first-order valence-corrected chi connectivity index (χ1v) is 5.26. The summed E-state index contributed by atoms with van der Waals surface area (Å²) in [5.41, 5.74) is 0.979. The Kier molecular flexibility index (Phi) is 2.92. The zero-order chi connectivity index (χ0) is 11.7. The summed E-state index contributed by atoms with van der Waals surface area (Å²) >= 11 is 0. The van der Waals surface area contributed by atoms with Gasteiger partial charge in [-0.15, -0.1) is 0 Å². The minimum Gasteiger partial charge on any atom is -0.481 e. The zero-order valence-electron chi connectivity index (χ0n) is 9.06. The van der Waals surface area contributed by atoms with Gasteiger partial charge >= 0.3 is 5.97 Å². The SMILES string of the molecule is CN1C[C@H](C(=O)O)C[C@@H]1c1ccc(F)cc1. The molecule has 1 aromatic carbocycles. The summed E-state index contributed by atoms with van der Waals surface area (Å²) in [5, 5.41) is 8.95. The summed E-state index contributed by atoms with van der Waals surface area (Å²) in [4.78, 5) is 12.9. The fourth-order valence-corrected chi connectivity index (χ4v) is 2.25. The second kappa shape index (κ2) is 4.22. The lowest BCUT2D eigenvalue weighted by molar-refractivity contribution is -0.141. The molecule has 0 bridgehead atoms. The molecular weight excluding hydrogens is 209 g/mol. The topological polar surface area (TPSA) is 40.5 Å². The molecule has 0 aromatic heterocycles. The second-order valence-electron chi connectivity index (χ2n) is 4.28. The van der Waals surface area contributed by atoms with Crippen molar-refractivity contribution >= 4 is 5.97 Å². The number of aliphatic carboxylic acids is 1. The van der Waals surface area contributed by atoms with Crippen molar-refractivity contribution in [3.8, 4) is 0 Å². The summed E-state index contributed by atoms with van der Waals surface area (Å²) in [7, 11) is 1.90. The lowest BCUT2D eigenvalue weighted by Gasteiger charge is -2.19. The Labute approximate surface area is 93.5 Å². The Bertz CT molecular complexity index is 391. The van der Waals surface area contributed by atoms with Crippen LogP contribution in [0.4, 0.5) is 4.39 Å². The van der Waals surface area contributed by atoms with Crippen molar-refractivity contribution in [1.82, 2.24) is 4.90 Å². The lowest BCUT2D eigenvalue weighted by Crippen LogP contribution is -2.20. The number of carbonyl (C=O) groups is 1. The fraction of sp³-hybridized carbons (Fsp3) is 0.417. The molecule has 0 radical (unpaired) electrons. The van der Waals surface area contributed by atoms with E-state index in [9.17, 15) is 9.18 Å². The van der Waals surface area contributed by atoms with Crippen LogP contribution < -0.4 is 0 Å². The van der Waals surface area contributed by atoms with Gasteiger partial charge < -0.3 is 5.11 Å². The highest BCUT2D eigenvalue weighted by Gasteiger charge is 2.34. The summed E-state index contributed by atoms with van der Waals surface area (Å²) in [6.45, 7) is 0.553. The minimum absolute atomic E-state index is 0.0849. The smallest absolute Gasteiger partial charge is 0.307 e. The van der Waals surface area contributed by atoms with Crippen LogP contribution in [0.1, 0.15) is 18.0 Å². The molecular formula is C12H14FNO2. The number of rotatable bonds is 2. The molecule has 1 aliphatic rings. The van der Waals surface area contributed by atoms with Crippen LogP contribution in [0.2, 0.25) is 0 Å². The third-order valence-electron chi connectivity index (χ3n) is 3.15. The van der Waals surface area contributed by atoms with Crippen molar-refractivity contribution in [2.24, 2.45) is 5.92 Å². The molecule has 16 heavy (non-hydrogen) atoms. The Morgan fingerprint density at radius 1 is 1.44 bits per heavy atom. The van der Waals surface area contributed by atoms with E-state index in [1.807, 2.05) is 11.9 Å². The van der Waals surface area contributed by atoms with Crippen molar-refractivity contribution in [2.75, 3.05) is 13.6 Å². The van der Waals surface area contributed by atoms with Gasteiger partial charge in [-0.1, -0.05) is 12.1 Å². The van der Waals surface area contributed by atoms with Crippen molar-refractivity contribution in [3.05, 3.63) is 35.6 Å². The Morgan fingerprint density at radius 3 is 2.56 bits per heavy atom. The average Bonchev–Trinajstić information content (AvgIpc) is 2.62. The monoisotopic (exact) mass is 223 g/mol. The molecule has 0 amide bonds. The molecule has 1 aliphatic heterocycles. The van der Waals surface area contributed by atoms with Gasteiger partial charge in [0.25, 0.3) is 0 Å². The lowest BCUT2D eigenvalue weighted by atomic mass is 10.00. The normalized spacial score (nSPS) is 25.9. The van der Waals surface area contributed by atoms with Crippen LogP contribution in [0.25, 0.3) is 0 Å². The first-order chi connectivity index (χ1) is 7.58. The maximum atomic E-state index is 12.8. The quantitative estimate of drug-likeness (QED) is 0.832. The van der Waals surface area contributed by atoms with Crippen molar-refractivity contribution in [1.29, 1.82) is 0 Å². The highest BCUT2D eigenvalue weighted by Crippen LogP contribution is 2.34. The number of nitrogens with zero attached hydrogens (tertiary/aromatic N) is 1. The highest BCUT2D eigenvalue weighted by molar-refractivity contribution is 5.70. The minimum atomic E-state index is -0.753. The van der Waals surface area contributed by atoms with E-state index >= 15 is 0 Å². The van der Waals surface area contributed by atoms with Gasteiger partial charge in [0.05, 0.1) is 5.92 Å². The summed E-state index contributed by atoms with van der Waals surface area (Å²) in [6.07, 6.45) is 0.595. The summed E-state index contributed by atoms with van der Waals surface area (Å²) < 4.78 is 12.8. The average molecular weight is 223 g/mol. The van der Waals surface area contributed by atoms with Gasteiger partial charge in [0.2, 0.25) is 0 Å². The van der Waals surface area contributed by atoms with Gasteiger partial charge in [-0.25, -0.2) is 4.39 Å². The maximum absolute atomic E-state index is 12.8. The van der Waals surface area contributed by atoms with Gasteiger partial charge in [-0.05, 0) is 31.2 Å². The van der Waals surface area contributed by atoms with Crippen LogP contribution in [-0.2, 0) is 4.79 Å². The van der Waals surface area contributed by atoms with Crippen LogP contribution in [0.15, 0.2) is 24.3 Å². The van der Waals surface area contributed by atoms with Crippen LogP contribution in [-0.4, -0.2) is 29.6 Å². The van der Waals surface area contributed by atoms with E-state index in [0.29, 0.717) is 13.0 Å². The number of halogens is 1. The zero-order valence-corrected chi connectivity index (χ0v) is 9.06. The molecule has 0 unspecified atom stereocenters. The van der Waals surface area contributed by atoms with E-state index in [2.05, 4.69) is 0 Å². The van der Waals surface area contributed by atoms with Crippen LogP contribution >= 0.6 is 0 Å². The maximum Gasteiger partial charge on any atom is 0.307 e. The molecule has 0 saturated carbocycles. The van der Waals surface area contributed by atoms with E-state index in [1.165, 1.54) is 12.1 Å². The van der Waals surface area contributed by atoms with Gasteiger partial charge in [0, 0.05) is 12.6 Å². The molecule has 1 aromatic rings. The van der Waals surface area contributed by atoms with Gasteiger partial charge in [0.1, 0.15) is 5.82 Å². The Hall–Kier alpha value is -1.42. The molecule has 3 nitrogen and oxygen atoms in total. The number of carboxylic acids is 1. The summed E-state index contributed by atoms with van der Waals surface area (Å²) in [5.74, 6) is -1.34. The third kappa shape index (κ3) is 2.07. The molecule has 86 valence electrons. The molecule has 4 heteroatoms. The van der Waals surface area contributed by atoms with E-state index < -0.39 is 5.97 Å². The largest absolute Gasteiger partial charge is 0.481 e. The first kappa shape index (κ1) is 11.1. The van der Waals surface area contributed by atoms with Gasteiger partial charge in [-0.2, -0.15) is 0 Å². The molecule has 1 heterocycles. The Morgan fingerprint density at radius 2 is 2.06 bits per heavy atom. The van der Waals surface area contributed by atoms with Gasteiger partial charge in [0.15, 0.2) is 0 Å². The van der Waals surface area contributed by atoms with E-state index in [-0.39, 0.29) is 17.8 Å². The molecule has 2 rings (SSSR count). The van der Waals surface area contributed by atoms with Crippen LogP contribution in [0.3, 0.4) is 0 Å². The number of benzene rings is 1. The molecule has 1 N–H and O–H groups in total. The molecule has 1 fully saturated rings. The number of hydrogen-bond donors (Lipinski definition) is 1. The molecule has 1 saturated heterocycles. The number of hydrogen-bond acceptors (Lipinski definition) is 2. The predicted molar refractivity (Wildman–Crippen MR) is 57.5 cm³/mol. The highest BCUT2D eigenvalue weighted by atomic mass is 19.1. The molecule has 2 atom stereocenters. The standard InChI is InChI=1S/C12H14FNO2/c1-14-7-9(12(15)16)6-11(14)8-2-4-10(13)5-3-8/h2-5,9,11H,6-7H2,1H3,(H,15,16)/t9-,11-/m1/s1. The first-order valence-electron chi connectivity index (χ1n) is 5.26. The van der Waals surface area contributed by atoms with Crippen molar-refractivity contribution in [2.45, 2.75) is 12.5 Å². The fourth-order valence-electron chi connectivity index (χ4n) is 2.25. The van der Waals surface area contributed by atoms with Crippen molar-refractivity contribution < 1.29 is 14.3 Å². The number of carboxylic acid groups (broad SMARTS) is 1. The number of likely N-dealkylation sites (tertiary alicyclic amines) is 1. The van der Waals surface area contributed by atoms with E-state index in [1.54, 1.807) is 12.1 Å². The van der Waals surface area contributed by atoms with Gasteiger partial charge in [-0.3, -0.25) is 9.69 Å². The molecule has 0 aliphatic carbocycles. The Balaban J connectivity index is 2.16. The van der Waals surface area contributed by atoms with Crippen LogP contribution in [0.5, 0.6) is 0 Å². The van der Waals surface area contributed by atoms with E-state index in [0.717, 1.165) is 5.56 Å².